The lowest BCUT2D eigenvalue weighted by Crippen LogP contribution is -2.37. The minimum Gasteiger partial charge on any atom is -0.497 e. The molecule has 4 heteroatoms. The molecule has 1 aliphatic carbocycles. The molecule has 1 aromatic carbocycles. The van der Waals surface area contributed by atoms with Gasteiger partial charge in [-0.1, -0.05) is 19.4 Å². The first-order valence-corrected chi connectivity index (χ1v) is 8.74. The zero-order chi connectivity index (χ0) is 14.4. The van der Waals surface area contributed by atoms with Crippen LogP contribution in [0.5, 0.6) is 5.75 Å². The Morgan fingerprint density at radius 2 is 2.25 bits per heavy atom. The standard InChI is InChI=1S/C16H25NO2S/c1-3-10-17-13-6-4-8-15(11-13)20(18)16-9-5-7-14(12-16)19-2/h5,7,9,12-13,15,17H,3-4,6,8,10-11H2,1-2H3. The van der Waals surface area contributed by atoms with Crippen LogP contribution in [0, 0.1) is 0 Å². The second-order valence-corrected chi connectivity index (χ2v) is 7.15. The minimum absolute atomic E-state index is 0.269. The SMILES string of the molecule is CCCNC1CCCC(S(=O)c2cccc(OC)c2)C1. The Kier molecular flexibility index (Phi) is 6.05. The second kappa shape index (κ2) is 7.79. The van der Waals surface area contributed by atoms with Crippen LogP contribution < -0.4 is 10.1 Å². The van der Waals surface area contributed by atoms with E-state index < -0.39 is 10.8 Å². The summed E-state index contributed by atoms with van der Waals surface area (Å²) in [5.41, 5.74) is 0. The van der Waals surface area contributed by atoms with Crippen LogP contribution in [-0.2, 0) is 10.8 Å². The highest BCUT2D eigenvalue weighted by atomic mass is 32.2. The average Bonchev–Trinajstić information content (AvgIpc) is 2.52. The van der Waals surface area contributed by atoms with Crippen molar-refractivity contribution in [1.82, 2.24) is 5.32 Å². The van der Waals surface area contributed by atoms with E-state index >= 15 is 0 Å². The molecule has 1 fully saturated rings. The van der Waals surface area contributed by atoms with Crippen LogP contribution in [0.3, 0.4) is 0 Å². The highest BCUT2D eigenvalue weighted by Gasteiger charge is 2.26. The molecule has 3 atom stereocenters. The third-order valence-electron chi connectivity index (χ3n) is 3.89. The molecule has 1 aromatic rings. The topological polar surface area (TPSA) is 38.3 Å². The lowest BCUT2D eigenvalue weighted by Gasteiger charge is -2.29. The predicted octanol–water partition coefficient (Wildman–Crippen LogP) is 3.11. The molecule has 20 heavy (non-hydrogen) atoms. The Balaban J connectivity index is 2.00. The molecule has 1 saturated carbocycles. The molecule has 0 heterocycles. The van der Waals surface area contributed by atoms with E-state index in [4.69, 9.17) is 4.74 Å². The van der Waals surface area contributed by atoms with Gasteiger partial charge in [0.1, 0.15) is 5.75 Å². The van der Waals surface area contributed by atoms with E-state index in [-0.39, 0.29) is 5.25 Å². The maximum absolute atomic E-state index is 12.7. The normalized spacial score (nSPS) is 24.3. The molecule has 1 N–H and O–H groups in total. The molecule has 0 aromatic heterocycles. The molecule has 0 radical (unpaired) electrons. The minimum atomic E-state index is -0.928. The Hall–Kier alpha value is -0.870. The van der Waals surface area contributed by atoms with Gasteiger partial charge in [-0.05, 0) is 50.4 Å². The second-order valence-electron chi connectivity index (χ2n) is 5.42. The van der Waals surface area contributed by atoms with Crippen molar-refractivity contribution in [2.75, 3.05) is 13.7 Å². The van der Waals surface area contributed by atoms with Crippen molar-refractivity contribution in [3.8, 4) is 5.75 Å². The first-order chi connectivity index (χ1) is 9.74. The number of nitrogens with one attached hydrogen (secondary N) is 1. The van der Waals surface area contributed by atoms with Gasteiger partial charge in [0.15, 0.2) is 0 Å². The smallest absolute Gasteiger partial charge is 0.120 e. The molecule has 0 amide bonds. The Labute approximate surface area is 124 Å². The number of rotatable bonds is 6. The number of hydrogen-bond donors (Lipinski definition) is 1. The van der Waals surface area contributed by atoms with Gasteiger partial charge in [0.25, 0.3) is 0 Å². The summed E-state index contributed by atoms with van der Waals surface area (Å²) in [4.78, 5) is 0.894. The van der Waals surface area contributed by atoms with Gasteiger partial charge < -0.3 is 10.1 Å². The van der Waals surface area contributed by atoms with E-state index in [1.54, 1.807) is 7.11 Å². The van der Waals surface area contributed by atoms with Crippen LogP contribution in [0.1, 0.15) is 39.0 Å². The number of ether oxygens (including phenoxy) is 1. The van der Waals surface area contributed by atoms with Crippen molar-refractivity contribution in [3.05, 3.63) is 24.3 Å². The highest BCUT2D eigenvalue weighted by molar-refractivity contribution is 7.85. The largest absolute Gasteiger partial charge is 0.497 e. The molecule has 0 saturated heterocycles. The van der Waals surface area contributed by atoms with Gasteiger partial charge in [-0.15, -0.1) is 0 Å². The van der Waals surface area contributed by atoms with Crippen LogP contribution in [0.15, 0.2) is 29.2 Å². The van der Waals surface area contributed by atoms with Crippen molar-refractivity contribution in [2.45, 2.75) is 55.2 Å². The third kappa shape index (κ3) is 4.06. The zero-order valence-electron chi connectivity index (χ0n) is 12.4. The summed E-state index contributed by atoms with van der Waals surface area (Å²) < 4.78 is 17.9. The van der Waals surface area contributed by atoms with Gasteiger partial charge in [-0.25, -0.2) is 0 Å². The van der Waals surface area contributed by atoms with E-state index in [2.05, 4.69) is 12.2 Å². The molecule has 0 bridgehead atoms. The van der Waals surface area contributed by atoms with Crippen LogP contribution in [0.2, 0.25) is 0 Å². The summed E-state index contributed by atoms with van der Waals surface area (Å²) in [7, 11) is 0.718. The summed E-state index contributed by atoms with van der Waals surface area (Å²) in [6.07, 6.45) is 5.62. The predicted molar refractivity (Wildman–Crippen MR) is 83.7 cm³/mol. The maximum atomic E-state index is 12.7. The Morgan fingerprint density at radius 1 is 1.40 bits per heavy atom. The van der Waals surface area contributed by atoms with E-state index in [0.717, 1.165) is 36.5 Å². The summed E-state index contributed by atoms with van der Waals surface area (Å²) in [6.45, 7) is 3.24. The summed E-state index contributed by atoms with van der Waals surface area (Å²) in [5.74, 6) is 0.785. The molecular weight excluding hydrogens is 270 g/mol. The summed E-state index contributed by atoms with van der Waals surface area (Å²) in [5, 5.41) is 3.84. The molecule has 2 rings (SSSR count). The van der Waals surface area contributed by atoms with E-state index in [1.807, 2.05) is 24.3 Å². The molecule has 1 aliphatic rings. The first kappa shape index (κ1) is 15.5. The molecule has 0 spiro atoms. The number of benzene rings is 1. The molecular formula is C16H25NO2S. The fourth-order valence-electron chi connectivity index (χ4n) is 2.79. The van der Waals surface area contributed by atoms with Crippen molar-refractivity contribution in [2.24, 2.45) is 0 Å². The van der Waals surface area contributed by atoms with Crippen molar-refractivity contribution in [1.29, 1.82) is 0 Å². The van der Waals surface area contributed by atoms with Gasteiger partial charge >= 0.3 is 0 Å². The maximum Gasteiger partial charge on any atom is 0.120 e. The lowest BCUT2D eigenvalue weighted by atomic mass is 9.95. The highest BCUT2D eigenvalue weighted by Crippen LogP contribution is 2.27. The fourth-order valence-corrected chi connectivity index (χ4v) is 4.41. The van der Waals surface area contributed by atoms with Crippen LogP contribution in [0.25, 0.3) is 0 Å². The zero-order valence-corrected chi connectivity index (χ0v) is 13.2. The van der Waals surface area contributed by atoms with Gasteiger partial charge in [-0.2, -0.15) is 0 Å². The van der Waals surface area contributed by atoms with Crippen molar-refractivity contribution in [3.63, 3.8) is 0 Å². The molecule has 0 aliphatic heterocycles. The van der Waals surface area contributed by atoms with E-state index in [1.165, 1.54) is 12.8 Å². The summed E-state index contributed by atoms with van der Waals surface area (Å²) >= 11 is 0. The number of methoxy groups -OCH3 is 1. The van der Waals surface area contributed by atoms with Crippen molar-refractivity contribution >= 4 is 10.8 Å². The van der Waals surface area contributed by atoms with Gasteiger partial charge in [0.2, 0.25) is 0 Å². The van der Waals surface area contributed by atoms with Gasteiger partial charge in [-0.3, -0.25) is 4.21 Å². The molecule has 112 valence electrons. The molecule has 3 unspecified atom stereocenters. The number of hydrogen-bond acceptors (Lipinski definition) is 3. The average molecular weight is 295 g/mol. The van der Waals surface area contributed by atoms with Gasteiger partial charge in [0, 0.05) is 16.2 Å². The summed E-state index contributed by atoms with van der Waals surface area (Å²) in [6, 6.07) is 8.19. The fraction of sp³-hybridized carbons (Fsp3) is 0.625. The van der Waals surface area contributed by atoms with Crippen molar-refractivity contribution < 1.29 is 8.95 Å². The molecule has 3 nitrogen and oxygen atoms in total. The van der Waals surface area contributed by atoms with Crippen LogP contribution in [-0.4, -0.2) is 29.2 Å². The Bertz CT molecular complexity index is 450. The third-order valence-corrected chi connectivity index (χ3v) is 5.64. The van der Waals surface area contributed by atoms with E-state index in [9.17, 15) is 4.21 Å². The first-order valence-electron chi connectivity index (χ1n) is 7.52. The Morgan fingerprint density at radius 3 is 3.00 bits per heavy atom. The monoisotopic (exact) mass is 295 g/mol. The van der Waals surface area contributed by atoms with Crippen LogP contribution in [0.4, 0.5) is 0 Å². The quantitative estimate of drug-likeness (QED) is 0.876. The van der Waals surface area contributed by atoms with Crippen LogP contribution >= 0.6 is 0 Å². The van der Waals surface area contributed by atoms with E-state index in [0.29, 0.717) is 6.04 Å². The van der Waals surface area contributed by atoms with Gasteiger partial charge in [0.05, 0.1) is 17.9 Å². The lowest BCUT2D eigenvalue weighted by molar-refractivity contribution is 0.377.